The van der Waals surface area contributed by atoms with Gasteiger partial charge in [0, 0.05) is 10.5 Å². The second kappa shape index (κ2) is 5.53. The standard InChI is InChI=1S/C15H22BrN3/c1-4-11(3)19-14(17)18-10-15(19,5-2)12-6-8-13(16)9-7-12/h6-9,11H,4-5,10H2,1-3H3,(H2,17,18). The van der Waals surface area contributed by atoms with Crippen molar-refractivity contribution >= 4 is 21.9 Å². The number of nitrogens with zero attached hydrogens (tertiary/aromatic N) is 2. The number of guanidine groups is 1. The quantitative estimate of drug-likeness (QED) is 0.921. The highest BCUT2D eigenvalue weighted by Gasteiger charge is 2.43. The van der Waals surface area contributed by atoms with Crippen molar-refractivity contribution in [3.8, 4) is 0 Å². The van der Waals surface area contributed by atoms with Crippen LogP contribution < -0.4 is 5.73 Å². The van der Waals surface area contributed by atoms with Crippen molar-refractivity contribution in [1.82, 2.24) is 4.90 Å². The Morgan fingerprint density at radius 2 is 2.00 bits per heavy atom. The molecule has 0 fully saturated rings. The van der Waals surface area contributed by atoms with Crippen LogP contribution in [0.25, 0.3) is 0 Å². The van der Waals surface area contributed by atoms with Gasteiger partial charge in [0.1, 0.15) is 0 Å². The van der Waals surface area contributed by atoms with Gasteiger partial charge in [-0.3, -0.25) is 4.99 Å². The maximum absolute atomic E-state index is 6.14. The average Bonchev–Trinajstić information content (AvgIpc) is 2.77. The molecule has 2 N–H and O–H groups in total. The van der Waals surface area contributed by atoms with Gasteiger partial charge in [0.05, 0.1) is 12.1 Å². The van der Waals surface area contributed by atoms with E-state index in [9.17, 15) is 0 Å². The van der Waals surface area contributed by atoms with E-state index in [-0.39, 0.29) is 5.54 Å². The van der Waals surface area contributed by atoms with Crippen LogP contribution in [-0.2, 0) is 5.54 Å². The van der Waals surface area contributed by atoms with E-state index in [4.69, 9.17) is 5.73 Å². The minimum Gasteiger partial charge on any atom is -0.370 e. The molecule has 2 atom stereocenters. The van der Waals surface area contributed by atoms with Gasteiger partial charge in [-0.05, 0) is 37.5 Å². The maximum Gasteiger partial charge on any atom is 0.192 e. The van der Waals surface area contributed by atoms with Crippen LogP contribution in [0.3, 0.4) is 0 Å². The predicted molar refractivity (Wildman–Crippen MR) is 84.2 cm³/mol. The SMILES string of the molecule is CCC(C)N1C(N)=NCC1(CC)c1ccc(Br)cc1. The molecule has 2 rings (SSSR count). The Morgan fingerprint density at radius 3 is 2.53 bits per heavy atom. The molecule has 1 aliphatic heterocycles. The Balaban J connectivity index is 2.45. The molecular formula is C15H22BrN3. The molecule has 2 unspecified atom stereocenters. The summed E-state index contributed by atoms with van der Waals surface area (Å²) in [5, 5.41) is 0. The molecule has 0 aromatic heterocycles. The lowest BCUT2D eigenvalue weighted by Crippen LogP contribution is -2.53. The molecule has 0 saturated heterocycles. The third-order valence-corrected chi connectivity index (χ3v) is 4.74. The summed E-state index contributed by atoms with van der Waals surface area (Å²) >= 11 is 3.50. The van der Waals surface area contributed by atoms with E-state index >= 15 is 0 Å². The molecule has 0 aliphatic carbocycles. The predicted octanol–water partition coefficient (Wildman–Crippen LogP) is 3.48. The molecule has 1 aromatic rings. The van der Waals surface area contributed by atoms with Gasteiger partial charge in [-0.25, -0.2) is 0 Å². The van der Waals surface area contributed by atoms with E-state index in [0.29, 0.717) is 12.0 Å². The minimum atomic E-state index is -0.0831. The molecule has 19 heavy (non-hydrogen) atoms. The summed E-state index contributed by atoms with van der Waals surface area (Å²) in [5.41, 5.74) is 7.35. The fourth-order valence-electron chi connectivity index (χ4n) is 2.89. The molecule has 0 saturated carbocycles. The van der Waals surface area contributed by atoms with Crippen LogP contribution in [0.1, 0.15) is 39.2 Å². The van der Waals surface area contributed by atoms with Crippen LogP contribution in [0.15, 0.2) is 33.7 Å². The van der Waals surface area contributed by atoms with Crippen molar-refractivity contribution in [3.05, 3.63) is 34.3 Å². The van der Waals surface area contributed by atoms with Crippen molar-refractivity contribution in [2.75, 3.05) is 6.54 Å². The van der Waals surface area contributed by atoms with E-state index in [0.717, 1.165) is 23.9 Å². The highest BCUT2D eigenvalue weighted by atomic mass is 79.9. The molecule has 1 aromatic carbocycles. The molecule has 1 heterocycles. The normalized spacial score (nSPS) is 24.4. The first-order valence-corrected chi connectivity index (χ1v) is 7.69. The maximum atomic E-state index is 6.14. The molecule has 4 heteroatoms. The largest absolute Gasteiger partial charge is 0.370 e. The summed E-state index contributed by atoms with van der Waals surface area (Å²) in [5.74, 6) is 0.680. The summed E-state index contributed by atoms with van der Waals surface area (Å²) in [6, 6.07) is 8.94. The Labute approximate surface area is 124 Å². The third-order valence-electron chi connectivity index (χ3n) is 4.21. The lowest BCUT2D eigenvalue weighted by Gasteiger charge is -2.42. The fourth-order valence-corrected chi connectivity index (χ4v) is 3.15. The van der Waals surface area contributed by atoms with Crippen molar-refractivity contribution in [1.29, 1.82) is 0 Å². The zero-order valence-electron chi connectivity index (χ0n) is 11.9. The van der Waals surface area contributed by atoms with Crippen molar-refractivity contribution < 1.29 is 0 Å². The smallest absolute Gasteiger partial charge is 0.192 e. The topological polar surface area (TPSA) is 41.6 Å². The molecule has 0 spiro atoms. The lowest BCUT2D eigenvalue weighted by molar-refractivity contribution is 0.146. The molecule has 0 radical (unpaired) electrons. The van der Waals surface area contributed by atoms with Crippen LogP contribution in [0.2, 0.25) is 0 Å². The van der Waals surface area contributed by atoms with E-state index in [2.05, 4.69) is 70.9 Å². The van der Waals surface area contributed by atoms with Gasteiger partial charge >= 0.3 is 0 Å². The van der Waals surface area contributed by atoms with Gasteiger partial charge in [0.25, 0.3) is 0 Å². The molecule has 0 amide bonds. The number of benzene rings is 1. The second-order valence-electron chi connectivity index (χ2n) is 5.19. The number of halogens is 1. The first kappa shape index (κ1) is 14.4. The molecule has 104 valence electrons. The van der Waals surface area contributed by atoms with Gasteiger partial charge in [0.2, 0.25) is 0 Å². The first-order valence-electron chi connectivity index (χ1n) is 6.90. The van der Waals surface area contributed by atoms with Crippen LogP contribution in [0, 0.1) is 0 Å². The van der Waals surface area contributed by atoms with Gasteiger partial charge in [-0.15, -0.1) is 0 Å². The van der Waals surface area contributed by atoms with Crippen LogP contribution >= 0.6 is 15.9 Å². The van der Waals surface area contributed by atoms with Crippen molar-refractivity contribution in [2.24, 2.45) is 10.7 Å². The van der Waals surface area contributed by atoms with E-state index in [1.54, 1.807) is 0 Å². The Kier molecular flexibility index (Phi) is 4.19. The van der Waals surface area contributed by atoms with Crippen molar-refractivity contribution in [3.63, 3.8) is 0 Å². The number of rotatable bonds is 4. The fraction of sp³-hybridized carbons (Fsp3) is 0.533. The Bertz CT molecular complexity index is 469. The average molecular weight is 324 g/mol. The van der Waals surface area contributed by atoms with E-state index < -0.39 is 0 Å². The Hall–Kier alpha value is -1.03. The van der Waals surface area contributed by atoms with Gasteiger partial charge in [0.15, 0.2) is 5.96 Å². The Morgan fingerprint density at radius 1 is 1.37 bits per heavy atom. The summed E-state index contributed by atoms with van der Waals surface area (Å²) in [6.07, 6.45) is 2.07. The number of nitrogens with two attached hydrogens (primary N) is 1. The molecule has 1 aliphatic rings. The number of hydrogen-bond donors (Lipinski definition) is 1. The first-order chi connectivity index (χ1) is 9.05. The lowest BCUT2D eigenvalue weighted by atomic mass is 9.85. The van der Waals surface area contributed by atoms with Gasteiger partial charge in [-0.1, -0.05) is 41.9 Å². The van der Waals surface area contributed by atoms with Crippen LogP contribution in [-0.4, -0.2) is 23.4 Å². The molecule has 0 bridgehead atoms. The molecule has 3 nitrogen and oxygen atoms in total. The zero-order valence-corrected chi connectivity index (χ0v) is 13.4. The second-order valence-corrected chi connectivity index (χ2v) is 6.11. The highest BCUT2D eigenvalue weighted by molar-refractivity contribution is 9.10. The van der Waals surface area contributed by atoms with Crippen LogP contribution in [0.4, 0.5) is 0 Å². The van der Waals surface area contributed by atoms with Gasteiger partial charge < -0.3 is 10.6 Å². The molecular weight excluding hydrogens is 302 g/mol. The van der Waals surface area contributed by atoms with E-state index in [1.165, 1.54) is 5.56 Å². The minimum absolute atomic E-state index is 0.0831. The summed E-state index contributed by atoms with van der Waals surface area (Å²) < 4.78 is 1.10. The summed E-state index contributed by atoms with van der Waals surface area (Å²) in [4.78, 5) is 6.82. The monoisotopic (exact) mass is 323 g/mol. The summed E-state index contributed by atoms with van der Waals surface area (Å²) in [6.45, 7) is 7.38. The zero-order chi connectivity index (χ0) is 14.0. The number of aliphatic imine (C=N–C) groups is 1. The van der Waals surface area contributed by atoms with E-state index in [1.807, 2.05) is 0 Å². The van der Waals surface area contributed by atoms with Crippen LogP contribution in [0.5, 0.6) is 0 Å². The van der Waals surface area contributed by atoms with Crippen molar-refractivity contribution in [2.45, 2.75) is 45.2 Å². The van der Waals surface area contributed by atoms with Gasteiger partial charge in [-0.2, -0.15) is 0 Å². The number of hydrogen-bond acceptors (Lipinski definition) is 3. The summed E-state index contributed by atoms with van der Waals surface area (Å²) in [7, 11) is 0. The highest BCUT2D eigenvalue weighted by Crippen LogP contribution is 2.38. The third kappa shape index (κ3) is 2.38.